The lowest BCUT2D eigenvalue weighted by molar-refractivity contribution is 0.0987. The van der Waals surface area contributed by atoms with E-state index in [0.717, 1.165) is 0 Å². The van der Waals surface area contributed by atoms with E-state index >= 15 is 0 Å². The van der Waals surface area contributed by atoms with Crippen molar-refractivity contribution in [1.29, 1.82) is 0 Å². The van der Waals surface area contributed by atoms with Gasteiger partial charge in [-0.3, -0.25) is 4.79 Å². The molecule has 2 rings (SSSR count). The van der Waals surface area contributed by atoms with E-state index in [2.05, 4.69) is 10.5 Å². The maximum Gasteiger partial charge on any atom is 0.294 e. The van der Waals surface area contributed by atoms with Crippen molar-refractivity contribution < 1.29 is 9.32 Å². The molecule has 0 unspecified atom stereocenters. The molecule has 1 amide bonds. The van der Waals surface area contributed by atoms with Crippen molar-refractivity contribution in [2.45, 2.75) is 6.92 Å². The van der Waals surface area contributed by atoms with Crippen molar-refractivity contribution in [2.24, 2.45) is 0 Å². The van der Waals surface area contributed by atoms with Crippen LogP contribution in [0.3, 0.4) is 0 Å². The summed E-state index contributed by atoms with van der Waals surface area (Å²) >= 11 is 11.7. The van der Waals surface area contributed by atoms with E-state index in [9.17, 15) is 4.79 Å². The van der Waals surface area contributed by atoms with Gasteiger partial charge in [0, 0.05) is 10.6 Å². The lowest BCUT2D eigenvalue weighted by Gasteiger charge is -2.05. The summed E-state index contributed by atoms with van der Waals surface area (Å²) < 4.78 is 4.83. The molecule has 1 N–H and O–H groups in total. The molecular weight excluding hydrogens is 263 g/mol. The zero-order chi connectivity index (χ0) is 12.4. The maximum absolute atomic E-state index is 11.8. The number of nitrogens with zero attached hydrogens (tertiary/aromatic N) is 1. The van der Waals surface area contributed by atoms with Crippen molar-refractivity contribution in [2.75, 3.05) is 5.32 Å². The number of nitrogens with one attached hydrogen (secondary N) is 1. The summed E-state index contributed by atoms with van der Waals surface area (Å²) in [6.45, 7) is 1.73. The van der Waals surface area contributed by atoms with Gasteiger partial charge in [0.2, 0.25) is 5.76 Å². The molecule has 0 atom stereocenters. The molecule has 0 saturated heterocycles. The second-order valence-electron chi connectivity index (χ2n) is 3.42. The van der Waals surface area contributed by atoms with Crippen LogP contribution >= 0.6 is 23.2 Å². The SMILES string of the molecule is Cc1cnoc1C(=O)Nc1ccc(Cl)cc1Cl. The van der Waals surface area contributed by atoms with Gasteiger partial charge in [0.1, 0.15) is 0 Å². The highest BCUT2D eigenvalue weighted by Crippen LogP contribution is 2.25. The number of hydrogen-bond acceptors (Lipinski definition) is 3. The van der Waals surface area contributed by atoms with Crippen molar-refractivity contribution in [3.63, 3.8) is 0 Å². The van der Waals surface area contributed by atoms with Gasteiger partial charge in [-0.25, -0.2) is 0 Å². The van der Waals surface area contributed by atoms with Crippen LogP contribution in [0.2, 0.25) is 10.0 Å². The first kappa shape index (κ1) is 12.0. The highest BCUT2D eigenvalue weighted by atomic mass is 35.5. The number of anilines is 1. The summed E-state index contributed by atoms with van der Waals surface area (Å²) in [5.74, 6) is -0.236. The molecule has 1 aromatic carbocycles. The Morgan fingerprint density at radius 3 is 2.76 bits per heavy atom. The second kappa shape index (κ2) is 4.77. The summed E-state index contributed by atoms with van der Waals surface area (Å²) in [7, 11) is 0. The Bertz CT molecular complexity index is 566. The lowest BCUT2D eigenvalue weighted by atomic mass is 10.2. The van der Waals surface area contributed by atoms with Gasteiger partial charge in [-0.05, 0) is 25.1 Å². The molecule has 0 aliphatic carbocycles. The molecule has 0 saturated carbocycles. The largest absolute Gasteiger partial charge is 0.351 e. The Morgan fingerprint density at radius 2 is 2.18 bits per heavy atom. The number of benzene rings is 1. The Balaban J connectivity index is 2.22. The van der Waals surface area contributed by atoms with Gasteiger partial charge >= 0.3 is 0 Å². The monoisotopic (exact) mass is 270 g/mol. The topological polar surface area (TPSA) is 55.1 Å². The van der Waals surface area contributed by atoms with Crippen LogP contribution in [0.15, 0.2) is 28.9 Å². The number of carbonyl (C=O) groups excluding carboxylic acids is 1. The summed E-state index contributed by atoms with van der Waals surface area (Å²) in [6, 6.07) is 4.80. The smallest absolute Gasteiger partial charge is 0.294 e. The Kier molecular flexibility index (Phi) is 3.36. The van der Waals surface area contributed by atoms with Crippen molar-refractivity contribution >= 4 is 34.8 Å². The number of carbonyl (C=O) groups is 1. The third-order valence-electron chi connectivity index (χ3n) is 2.13. The minimum Gasteiger partial charge on any atom is -0.351 e. The van der Waals surface area contributed by atoms with Crippen LogP contribution in [0.1, 0.15) is 16.1 Å². The third kappa shape index (κ3) is 2.60. The molecule has 0 fully saturated rings. The average Bonchev–Trinajstić information content (AvgIpc) is 2.68. The van der Waals surface area contributed by atoms with Gasteiger partial charge in [0.05, 0.1) is 16.9 Å². The van der Waals surface area contributed by atoms with E-state index in [0.29, 0.717) is 21.3 Å². The van der Waals surface area contributed by atoms with Crippen molar-refractivity contribution in [1.82, 2.24) is 5.16 Å². The molecule has 2 aromatic rings. The summed E-state index contributed by atoms with van der Waals surface area (Å²) in [5.41, 5.74) is 1.13. The van der Waals surface area contributed by atoms with Gasteiger partial charge in [0.25, 0.3) is 5.91 Å². The molecule has 1 aromatic heterocycles. The Labute approximate surface area is 108 Å². The highest BCUT2D eigenvalue weighted by molar-refractivity contribution is 6.36. The second-order valence-corrected chi connectivity index (χ2v) is 4.26. The van der Waals surface area contributed by atoms with Crippen LogP contribution in [0, 0.1) is 6.92 Å². The van der Waals surface area contributed by atoms with E-state index < -0.39 is 5.91 Å². The fourth-order valence-corrected chi connectivity index (χ4v) is 1.73. The summed E-state index contributed by atoms with van der Waals surface area (Å²) in [5, 5.41) is 7.02. The zero-order valence-corrected chi connectivity index (χ0v) is 10.3. The molecular formula is C11H8Cl2N2O2. The summed E-state index contributed by atoms with van der Waals surface area (Å²) in [6.07, 6.45) is 1.47. The Hall–Kier alpha value is -1.52. The molecule has 0 bridgehead atoms. The normalized spacial score (nSPS) is 10.3. The molecule has 0 spiro atoms. The van der Waals surface area contributed by atoms with Crippen LogP contribution in [-0.2, 0) is 0 Å². The number of aromatic nitrogens is 1. The number of hydrogen-bond donors (Lipinski definition) is 1. The van der Waals surface area contributed by atoms with Crippen LogP contribution in [0.25, 0.3) is 0 Å². The number of rotatable bonds is 2. The minimum atomic E-state index is -0.399. The van der Waals surface area contributed by atoms with E-state index in [1.165, 1.54) is 6.20 Å². The number of amides is 1. The van der Waals surface area contributed by atoms with Crippen LogP contribution in [0.5, 0.6) is 0 Å². The minimum absolute atomic E-state index is 0.163. The summed E-state index contributed by atoms with van der Waals surface area (Å²) in [4.78, 5) is 11.8. The number of aryl methyl sites for hydroxylation is 1. The van der Waals surface area contributed by atoms with Crippen molar-refractivity contribution in [3.8, 4) is 0 Å². The molecule has 1 heterocycles. The molecule has 4 nitrogen and oxygen atoms in total. The first-order chi connectivity index (χ1) is 8.08. The van der Waals surface area contributed by atoms with Crippen LogP contribution in [0.4, 0.5) is 5.69 Å². The predicted octanol–water partition coefficient (Wildman–Crippen LogP) is 3.54. The quantitative estimate of drug-likeness (QED) is 0.908. The molecule has 17 heavy (non-hydrogen) atoms. The van der Waals surface area contributed by atoms with E-state index in [1.807, 2.05) is 0 Å². The predicted molar refractivity (Wildman–Crippen MR) is 65.7 cm³/mol. The van der Waals surface area contributed by atoms with Gasteiger partial charge in [-0.15, -0.1) is 0 Å². The fraction of sp³-hybridized carbons (Fsp3) is 0.0909. The molecule has 88 valence electrons. The lowest BCUT2D eigenvalue weighted by Crippen LogP contribution is -2.12. The third-order valence-corrected chi connectivity index (χ3v) is 2.68. The molecule has 0 radical (unpaired) electrons. The van der Waals surface area contributed by atoms with Gasteiger partial charge in [-0.1, -0.05) is 28.4 Å². The number of halogens is 2. The van der Waals surface area contributed by atoms with E-state index in [-0.39, 0.29) is 5.76 Å². The van der Waals surface area contributed by atoms with Gasteiger partial charge in [0.15, 0.2) is 0 Å². The zero-order valence-electron chi connectivity index (χ0n) is 8.83. The standard InChI is InChI=1S/C11H8Cl2N2O2/c1-6-5-14-17-10(6)11(16)15-9-3-2-7(12)4-8(9)13/h2-5H,1H3,(H,15,16). The highest BCUT2D eigenvalue weighted by Gasteiger charge is 2.15. The first-order valence-electron chi connectivity index (χ1n) is 4.75. The van der Waals surface area contributed by atoms with E-state index in [4.69, 9.17) is 27.7 Å². The average molecular weight is 271 g/mol. The van der Waals surface area contributed by atoms with E-state index in [1.54, 1.807) is 25.1 Å². The molecule has 6 heteroatoms. The molecule has 0 aliphatic heterocycles. The maximum atomic E-state index is 11.8. The van der Waals surface area contributed by atoms with Crippen LogP contribution in [-0.4, -0.2) is 11.1 Å². The van der Waals surface area contributed by atoms with Gasteiger partial charge in [-0.2, -0.15) is 0 Å². The fourth-order valence-electron chi connectivity index (χ4n) is 1.28. The van der Waals surface area contributed by atoms with Crippen LogP contribution < -0.4 is 5.32 Å². The molecule has 0 aliphatic rings. The Morgan fingerprint density at radius 1 is 1.41 bits per heavy atom. The first-order valence-corrected chi connectivity index (χ1v) is 5.51. The van der Waals surface area contributed by atoms with Gasteiger partial charge < -0.3 is 9.84 Å². The van der Waals surface area contributed by atoms with Crippen molar-refractivity contribution in [3.05, 3.63) is 45.8 Å².